The number of rotatable bonds is 9. The number of aliphatic hydroxyl groups is 2. The van der Waals surface area contributed by atoms with Gasteiger partial charge in [-0.3, -0.25) is 9.08 Å². The van der Waals surface area contributed by atoms with E-state index in [1.54, 1.807) is 0 Å². The summed E-state index contributed by atoms with van der Waals surface area (Å²) in [5.41, 5.74) is 0. The number of carbonyl (C=O) groups is 1. The monoisotopic (exact) mass is 490 g/mol. The van der Waals surface area contributed by atoms with Crippen molar-refractivity contribution in [2.24, 2.45) is 0 Å². The molecule has 0 aromatic heterocycles. The number of phosphoric ester groups is 1. The molecule has 7 N–H and O–H groups in total. The van der Waals surface area contributed by atoms with Crippen molar-refractivity contribution in [2.75, 3.05) is 81.2 Å². The number of hydrogen-bond donors (Lipinski definition) is 7. The van der Waals surface area contributed by atoms with Gasteiger partial charge in [-0.05, 0) is 14.0 Å². The van der Waals surface area contributed by atoms with Crippen molar-refractivity contribution in [1.82, 2.24) is 5.32 Å². The molecule has 0 fully saturated rings. The lowest BCUT2D eigenvalue weighted by molar-refractivity contribution is -0.881. The minimum Gasteiger partial charge on any atom is -0.477 e. The summed E-state index contributed by atoms with van der Waals surface area (Å²) >= 11 is 0. The van der Waals surface area contributed by atoms with Gasteiger partial charge in [0.15, 0.2) is 13.3 Å². The summed E-state index contributed by atoms with van der Waals surface area (Å²) in [6, 6.07) is 0. The third-order valence-corrected chi connectivity index (χ3v) is 3.78. The predicted molar refractivity (Wildman–Crippen MR) is 111 cm³/mol. The Morgan fingerprint density at radius 1 is 1.20 bits per heavy atom. The number of carboxylic acids is 1. The number of nitrogens with zero attached hydrogens (tertiary/aromatic N) is 2. The van der Waals surface area contributed by atoms with Gasteiger partial charge in [-0.15, -0.1) is 0 Å². The number of hydrogen-bond acceptors (Lipinski definition) is 8. The zero-order valence-electron chi connectivity index (χ0n) is 19.4. The van der Waals surface area contributed by atoms with E-state index in [0.29, 0.717) is 22.5 Å². The smallest absolute Gasteiger partial charge is 0.471 e. The molecule has 0 bridgehead atoms. The van der Waals surface area contributed by atoms with Crippen LogP contribution in [0.4, 0.5) is 0 Å². The van der Waals surface area contributed by atoms with Crippen LogP contribution in [0.1, 0.15) is 8.29 Å². The number of aliphatic carboxylic acids is 1. The van der Waals surface area contributed by atoms with Crippen LogP contribution in [0.15, 0.2) is 0 Å². The Hall–Kier alpha value is -0.710. The topological polar surface area (TPSA) is 211 Å². The molecular formula is C14H40N3O11PS+2. The van der Waals surface area contributed by atoms with Crippen LogP contribution >= 0.6 is 7.82 Å². The number of likely N-dealkylation sites (N-methyl/N-ethyl adjacent to an activating group) is 2. The van der Waals surface area contributed by atoms with Crippen molar-refractivity contribution in [3.63, 3.8) is 0 Å². The van der Waals surface area contributed by atoms with Crippen LogP contribution < -0.4 is 5.32 Å². The van der Waals surface area contributed by atoms with E-state index in [0.717, 1.165) is 6.54 Å². The molecule has 0 unspecified atom stereocenters. The minimum atomic E-state index is -4.42. The molecule has 0 aliphatic heterocycles. The molecule has 0 aliphatic carbocycles. The molecule has 0 heterocycles. The maximum absolute atomic E-state index is 10.2. The van der Waals surface area contributed by atoms with E-state index in [1.807, 2.05) is 35.1 Å². The van der Waals surface area contributed by atoms with Crippen molar-refractivity contribution in [2.45, 2.75) is 6.92 Å². The van der Waals surface area contributed by atoms with Gasteiger partial charge in [0, 0.05) is 0 Å². The standard InChI is InChI=1S/C6H13NO2.C5H14NO.C2H7NO3S.CH5O5P/c1-4-7(2,3)5-6(8)9;1-6(2,3)4-5-7;1-3-2-7(4,5)6;2-1-6-7(3,4)5/h4-5H2,1-3H3;7H,4-5H2,1-3H3;3H,2H2,1H3,(H,4,5,6);2H,1H2,(H2,3,4,5)/q;+1;;/p+1/i;1D;;. The molecule has 0 saturated heterocycles. The fraction of sp³-hybridized carbons (Fsp3) is 0.929. The third-order valence-electron chi connectivity index (χ3n) is 2.68. The van der Waals surface area contributed by atoms with Gasteiger partial charge in [0.1, 0.15) is 12.4 Å². The summed E-state index contributed by atoms with van der Waals surface area (Å²) in [5.74, 6) is -1.12. The molecule has 0 saturated carbocycles. The summed E-state index contributed by atoms with van der Waals surface area (Å²) in [7, 11) is 1.20. The lowest BCUT2D eigenvalue weighted by atomic mass is 10.4. The lowest BCUT2D eigenvalue weighted by Crippen LogP contribution is -2.43. The highest BCUT2D eigenvalue weighted by Gasteiger charge is 2.15. The van der Waals surface area contributed by atoms with Crippen molar-refractivity contribution < 1.29 is 62.3 Å². The van der Waals surface area contributed by atoms with Gasteiger partial charge in [0.25, 0.3) is 10.1 Å². The van der Waals surface area contributed by atoms with E-state index in [1.165, 1.54) is 7.05 Å². The molecule has 16 heteroatoms. The largest absolute Gasteiger partial charge is 0.477 e. The number of nitrogens with one attached hydrogen (secondary N) is 1. The van der Waals surface area contributed by atoms with Crippen LogP contribution in [-0.4, -0.2) is 134 Å². The van der Waals surface area contributed by atoms with Crippen LogP contribution in [-0.2, 0) is 24.0 Å². The first-order valence-corrected chi connectivity index (χ1v) is 11.5. The first kappa shape index (κ1) is 33.9. The van der Waals surface area contributed by atoms with Crippen LogP contribution in [0, 0.1) is 0 Å². The van der Waals surface area contributed by atoms with Crippen LogP contribution in [0.5, 0.6) is 0 Å². The van der Waals surface area contributed by atoms with Gasteiger partial charge in [0.2, 0.25) is 0 Å². The second-order valence-corrected chi connectivity index (χ2v) is 9.71. The first-order chi connectivity index (χ1) is 13.7. The van der Waals surface area contributed by atoms with Gasteiger partial charge >= 0.3 is 13.8 Å². The molecule has 0 amide bonds. The quantitative estimate of drug-likeness (QED) is 0.0805. The second kappa shape index (κ2) is 17.9. The molecule has 0 rings (SSSR count). The van der Waals surface area contributed by atoms with E-state index in [-0.39, 0.29) is 19.0 Å². The molecule has 30 heavy (non-hydrogen) atoms. The van der Waals surface area contributed by atoms with Crippen LogP contribution in [0.3, 0.4) is 0 Å². The highest BCUT2D eigenvalue weighted by molar-refractivity contribution is 7.85. The Morgan fingerprint density at radius 2 is 1.67 bits per heavy atom. The van der Waals surface area contributed by atoms with Gasteiger partial charge in [-0.25, -0.2) is 9.36 Å². The van der Waals surface area contributed by atoms with Gasteiger partial charge < -0.3 is 39.4 Å². The van der Waals surface area contributed by atoms with Gasteiger partial charge in [-0.1, -0.05) is 0 Å². The highest BCUT2D eigenvalue weighted by atomic mass is 32.2. The van der Waals surface area contributed by atoms with E-state index in [2.05, 4.69) is 9.84 Å². The van der Waals surface area contributed by atoms with Crippen LogP contribution in [0.2, 0.25) is 0 Å². The van der Waals surface area contributed by atoms with Crippen LogP contribution in [0.25, 0.3) is 0 Å². The predicted octanol–water partition coefficient (Wildman–Crippen LogP) is -2.05. The van der Waals surface area contributed by atoms with Crippen molar-refractivity contribution in [1.29, 1.82) is 0 Å². The zero-order valence-corrected chi connectivity index (χ0v) is 20.1. The summed E-state index contributed by atoms with van der Waals surface area (Å²) in [4.78, 5) is 25.7. The number of phosphoric acid groups is 1. The third kappa shape index (κ3) is 50.7. The van der Waals surface area contributed by atoms with Crippen molar-refractivity contribution in [3.05, 3.63) is 0 Å². The molecule has 0 spiro atoms. The summed E-state index contributed by atoms with van der Waals surface area (Å²) < 4.78 is 48.5. The average Bonchev–Trinajstić information content (AvgIpc) is 2.53. The van der Waals surface area contributed by atoms with E-state index < -0.39 is 30.7 Å². The SMILES string of the molecule is CC[N+](C)(C)CC(=O)O.CNCS(=O)(=O)O.O=P(O)(O)OCO.[2H]C[N+](C)(C)CCO. The fourth-order valence-corrected chi connectivity index (χ4v) is 1.52. The second-order valence-electron chi connectivity index (χ2n) is 7.02. The maximum Gasteiger partial charge on any atom is 0.471 e. The summed E-state index contributed by atoms with van der Waals surface area (Å²) in [6.07, 6.45) is 0. The van der Waals surface area contributed by atoms with Crippen molar-refractivity contribution in [3.8, 4) is 0 Å². The molecule has 0 aromatic carbocycles. The first-order valence-electron chi connectivity index (χ1n) is 9.09. The Morgan fingerprint density at radius 3 is 1.73 bits per heavy atom. The Balaban J connectivity index is -0.000000158. The zero-order chi connectivity index (χ0) is 25.9. The minimum absolute atomic E-state index is 0.172. The Labute approximate surface area is 180 Å². The van der Waals surface area contributed by atoms with Gasteiger partial charge in [0.05, 0.1) is 49.7 Å². The lowest BCUT2D eigenvalue weighted by Gasteiger charge is -2.25. The molecular weight excluding hydrogens is 449 g/mol. The molecule has 0 aliphatic rings. The molecule has 0 radical (unpaired) electrons. The summed E-state index contributed by atoms with van der Waals surface area (Å²) in [5, 5.41) is 26.8. The molecule has 14 nitrogen and oxygen atoms in total. The number of aliphatic hydroxyl groups excluding tert-OH is 2. The van der Waals surface area contributed by atoms with Gasteiger partial charge in [-0.2, -0.15) is 8.42 Å². The molecule has 186 valence electrons. The Kier molecular flexibility index (Phi) is 20.3. The van der Waals surface area contributed by atoms with E-state index >= 15 is 0 Å². The van der Waals surface area contributed by atoms with E-state index in [9.17, 15) is 17.8 Å². The normalized spacial score (nSPS) is 12.2. The number of quaternary nitrogens is 2. The molecule has 0 atom stereocenters. The van der Waals surface area contributed by atoms with E-state index in [4.69, 9.17) is 31.0 Å². The maximum atomic E-state index is 10.2. The summed E-state index contributed by atoms with van der Waals surface area (Å²) in [6.45, 7) is 2.92. The molecule has 0 aromatic rings. The van der Waals surface area contributed by atoms with Crippen molar-refractivity contribution >= 4 is 23.9 Å². The highest BCUT2D eigenvalue weighted by Crippen LogP contribution is 2.34. The fourth-order valence-electron chi connectivity index (χ4n) is 1.01. The average molecular weight is 491 g/mol. The number of carboxylic acid groups (broad SMARTS) is 1. The Bertz CT molecular complexity index is 600.